The highest BCUT2D eigenvalue weighted by atomic mass is 35.5. The number of anilines is 1. The van der Waals surface area contributed by atoms with Gasteiger partial charge < -0.3 is 10.1 Å². The van der Waals surface area contributed by atoms with Crippen molar-refractivity contribution in [3.8, 4) is 0 Å². The number of alkyl halides is 3. The molecule has 1 heterocycles. The van der Waals surface area contributed by atoms with E-state index in [9.17, 15) is 27.6 Å². The molecular weight excluding hydrogens is 343 g/mol. The number of ether oxygens (including phenoxy) is 1. The molecule has 0 aliphatic heterocycles. The van der Waals surface area contributed by atoms with Gasteiger partial charge in [0.25, 0.3) is 0 Å². The van der Waals surface area contributed by atoms with Gasteiger partial charge in [0.1, 0.15) is 10.7 Å². The monoisotopic (exact) mass is 353 g/mol. The van der Waals surface area contributed by atoms with Crippen molar-refractivity contribution in [2.75, 3.05) is 11.9 Å². The second-order valence-corrected chi connectivity index (χ2v) is 4.45. The predicted octanol–water partition coefficient (Wildman–Crippen LogP) is 2.43. The highest BCUT2D eigenvalue weighted by molar-refractivity contribution is 6.30. The van der Waals surface area contributed by atoms with E-state index in [0.29, 0.717) is 0 Å². The molecule has 0 bridgehead atoms. The number of carbonyl (C=O) groups excluding carboxylic acids is 3. The van der Waals surface area contributed by atoms with Crippen molar-refractivity contribution in [1.82, 2.24) is 10.3 Å². The van der Waals surface area contributed by atoms with Gasteiger partial charge in [-0.25, -0.2) is 14.6 Å². The van der Waals surface area contributed by atoms with Gasteiger partial charge in [0.15, 0.2) is 0 Å². The van der Waals surface area contributed by atoms with Crippen LogP contribution in [0, 0.1) is 6.92 Å². The van der Waals surface area contributed by atoms with E-state index in [1.165, 1.54) is 13.8 Å². The number of urea groups is 1. The zero-order chi connectivity index (χ0) is 17.8. The molecule has 0 spiro atoms. The summed E-state index contributed by atoms with van der Waals surface area (Å²) in [6.07, 6.45) is -4.24. The van der Waals surface area contributed by atoms with Crippen LogP contribution in [0.15, 0.2) is 6.20 Å². The highest BCUT2D eigenvalue weighted by Crippen LogP contribution is 2.26. The van der Waals surface area contributed by atoms with Gasteiger partial charge in [-0.05, 0) is 13.8 Å². The molecule has 11 heteroatoms. The normalized spacial score (nSPS) is 10.9. The first-order valence-electron chi connectivity index (χ1n) is 6.09. The number of imide groups is 1. The van der Waals surface area contributed by atoms with Crippen molar-refractivity contribution < 1.29 is 32.3 Å². The minimum Gasteiger partial charge on any atom is -0.462 e. The minimum absolute atomic E-state index is 0.0265. The van der Waals surface area contributed by atoms with E-state index in [4.69, 9.17) is 16.3 Å². The second-order valence-electron chi connectivity index (χ2n) is 4.09. The Hall–Kier alpha value is -2.36. The Balaban J connectivity index is 3.07. The summed E-state index contributed by atoms with van der Waals surface area (Å²) < 4.78 is 41.0. The number of pyridine rings is 1. The molecule has 1 aromatic heterocycles. The Bertz CT molecular complexity index is 649. The van der Waals surface area contributed by atoms with Crippen molar-refractivity contribution in [3.05, 3.63) is 22.5 Å². The molecule has 0 aliphatic carbocycles. The molecule has 23 heavy (non-hydrogen) atoms. The first kappa shape index (κ1) is 18.7. The van der Waals surface area contributed by atoms with Crippen LogP contribution in [-0.2, 0) is 9.53 Å². The van der Waals surface area contributed by atoms with Crippen molar-refractivity contribution in [2.45, 2.75) is 20.0 Å². The van der Waals surface area contributed by atoms with Gasteiger partial charge in [0, 0.05) is 11.8 Å². The predicted molar refractivity (Wildman–Crippen MR) is 73.2 cm³/mol. The molecular formula is C12H11ClF3N3O4. The van der Waals surface area contributed by atoms with Crippen LogP contribution in [0.4, 0.5) is 23.7 Å². The van der Waals surface area contributed by atoms with Crippen LogP contribution in [-0.4, -0.2) is 35.7 Å². The molecule has 0 aliphatic rings. The maximum absolute atomic E-state index is 12.1. The van der Waals surface area contributed by atoms with Crippen LogP contribution in [0.25, 0.3) is 0 Å². The van der Waals surface area contributed by atoms with E-state index in [2.05, 4.69) is 4.98 Å². The van der Waals surface area contributed by atoms with Crippen molar-refractivity contribution >= 4 is 35.2 Å². The fourth-order valence-corrected chi connectivity index (χ4v) is 1.57. The number of rotatable bonds is 3. The van der Waals surface area contributed by atoms with Gasteiger partial charge in [0.05, 0.1) is 12.3 Å². The lowest BCUT2D eigenvalue weighted by atomic mass is 10.1. The summed E-state index contributed by atoms with van der Waals surface area (Å²) in [5.41, 5.74) is -0.314. The maximum Gasteiger partial charge on any atom is 0.471 e. The van der Waals surface area contributed by atoms with Crippen LogP contribution in [0.5, 0.6) is 0 Å². The largest absolute Gasteiger partial charge is 0.471 e. The Morgan fingerprint density at radius 3 is 2.48 bits per heavy atom. The summed E-state index contributed by atoms with van der Waals surface area (Å²) in [5, 5.41) is 2.96. The van der Waals surface area contributed by atoms with E-state index < -0.39 is 24.1 Å². The Labute approximate surface area is 133 Å². The molecule has 0 saturated heterocycles. The zero-order valence-electron chi connectivity index (χ0n) is 11.9. The topological polar surface area (TPSA) is 97.4 Å². The van der Waals surface area contributed by atoms with Crippen molar-refractivity contribution in [3.63, 3.8) is 0 Å². The molecule has 0 aromatic carbocycles. The average molecular weight is 354 g/mol. The van der Waals surface area contributed by atoms with Crippen LogP contribution in [0.2, 0.25) is 5.15 Å². The number of esters is 1. The van der Waals surface area contributed by atoms with Gasteiger partial charge in [-0.3, -0.25) is 10.1 Å². The van der Waals surface area contributed by atoms with E-state index >= 15 is 0 Å². The third-order valence-electron chi connectivity index (χ3n) is 2.48. The van der Waals surface area contributed by atoms with E-state index in [1.807, 2.05) is 5.32 Å². The van der Waals surface area contributed by atoms with Crippen LogP contribution >= 0.6 is 11.6 Å². The zero-order valence-corrected chi connectivity index (χ0v) is 12.6. The lowest BCUT2D eigenvalue weighted by Gasteiger charge is -2.14. The number of carbonyl (C=O) groups is 3. The maximum atomic E-state index is 12.1. The Morgan fingerprint density at radius 2 is 1.96 bits per heavy atom. The van der Waals surface area contributed by atoms with Gasteiger partial charge in [-0.1, -0.05) is 11.6 Å². The molecule has 0 fully saturated rings. The molecule has 0 saturated carbocycles. The molecule has 0 unspecified atom stereocenters. The third kappa shape index (κ3) is 4.81. The van der Waals surface area contributed by atoms with Crippen LogP contribution < -0.4 is 10.6 Å². The fourth-order valence-electron chi connectivity index (χ4n) is 1.43. The molecule has 0 radical (unpaired) electrons. The van der Waals surface area contributed by atoms with Gasteiger partial charge >= 0.3 is 24.1 Å². The standard InChI is InChI=1S/C12H11ClF3N3O4/c1-3-23-9(20)6-4-17-8(13)5(2)7(6)18-11(22)19-10(21)12(14,15)16/h4H,3H2,1-2H3,(H2,17,18,19,21,22). The quantitative estimate of drug-likeness (QED) is 0.642. The lowest BCUT2D eigenvalue weighted by molar-refractivity contribution is -0.172. The van der Waals surface area contributed by atoms with Crippen molar-refractivity contribution in [1.29, 1.82) is 0 Å². The Kier molecular flexibility index (Phi) is 5.91. The first-order valence-corrected chi connectivity index (χ1v) is 6.47. The fraction of sp³-hybridized carbons (Fsp3) is 0.333. The number of nitrogens with zero attached hydrogens (tertiary/aromatic N) is 1. The molecule has 2 N–H and O–H groups in total. The van der Waals surface area contributed by atoms with E-state index in [0.717, 1.165) is 11.5 Å². The molecule has 1 aromatic rings. The van der Waals surface area contributed by atoms with E-state index in [-0.39, 0.29) is 28.6 Å². The first-order chi connectivity index (χ1) is 10.6. The number of halogens is 4. The van der Waals surface area contributed by atoms with E-state index in [1.54, 1.807) is 0 Å². The highest BCUT2D eigenvalue weighted by Gasteiger charge is 2.40. The molecule has 3 amide bonds. The Morgan fingerprint density at radius 1 is 1.35 bits per heavy atom. The van der Waals surface area contributed by atoms with Gasteiger partial charge in [0.2, 0.25) is 0 Å². The summed E-state index contributed by atoms with van der Waals surface area (Å²) in [4.78, 5) is 37.7. The summed E-state index contributed by atoms with van der Waals surface area (Å²) in [7, 11) is 0. The SMILES string of the molecule is CCOC(=O)c1cnc(Cl)c(C)c1NC(=O)NC(=O)C(F)(F)F. The minimum atomic E-state index is -5.23. The van der Waals surface area contributed by atoms with Crippen LogP contribution in [0.1, 0.15) is 22.8 Å². The number of hydrogen-bond acceptors (Lipinski definition) is 5. The smallest absolute Gasteiger partial charge is 0.462 e. The average Bonchev–Trinajstić information content (AvgIpc) is 2.43. The number of hydrogen-bond donors (Lipinski definition) is 2. The van der Waals surface area contributed by atoms with Gasteiger partial charge in [-0.2, -0.15) is 13.2 Å². The molecule has 7 nitrogen and oxygen atoms in total. The molecule has 0 atom stereocenters. The van der Waals surface area contributed by atoms with Crippen LogP contribution in [0.3, 0.4) is 0 Å². The number of amides is 3. The third-order valence-corrected chi connectivity index (χ3v) is 2.86. The summed E-state index contributed by atoms with van der Waals surface area (Å²) in [5.74, 6) is -3.32. The molecule has 1 rings (SSSR count). The lowest BCUT2D eigenvalue weighted by Crippen LogP contribution is -2.43. The van der Waals surface area contributed by atoms with Crippen molar-refractivity contribution in [2.24, 2.45) is 0 Å². The van der Waals surface area contributed by atoms with Gasteiger partial charge in [-0.15, -0.1) is 0 Å². The number of aromatic nitrogens is 1. The second kappa shape index (κ2) is 7.27. The summed E-state index contributed by atoms with van der Waals surface area (Å²) in [6, 6.07) is -1.48. The summed E-state index contributed by atoms with van der Waals surface area (Å²) in [6.45, 7) is 2.94. The summed E-state index contributed by atoms with van der Waals surface area (Å²) >= 11 is 5.75. The number of nitrogens with one attached hydrogen (secondary N) is 2. The molecule has 126 valence electrons.